The summed E-state index contributed by atoms with van der Waals surface area (Å²) in [6.45, 7) is -0.779. The number of primary sulfonamides is 1. The van der Waals surface area contributed by atoms with Crippen LogP contribution in [0.5, 0.6) is 0 Å². The topological polar surface area (TPSA) is 113 Å². The Morgan fingerprint density at radius 2 is 1.93 bits per heavy atom. The second kappa shape index (κ2) is 6.60. The first-order chi connectivity index (χ1) is 13.6. The summed E-state index contributed by atoms with van der Waals surface area (Å²) in [5.74, 6) is -1.19. The molecule has 2 heterocycles. The van der Waals surface area contributed by atoms with Crippen molar-refractivity contribution >= 4 is 32.4 Å². The van der Waals surface area contributed by atoms with Gasteiger partial charge in [-0.1, -0.05) is 11.3 Å². The van der Waals surface area contributed by atoms with Gasteiger partial charge >= 0.3 is 5.69 Å². The summed E-state index contributed by atoms with van der Waals surface area (Å²) < 4.78 is 78.9. The van der Waals surface area contributed by atoms with Gasteiger partial charge in [0.1, 0.15) is 10.7 Å². The molecule has 3 aromatic rings. The van der Waals surface area contributed by atoms with Gasteiger partial charge in [0.2, 0.25) is 15.2 Å². The van der Waals surface area contributed by atoms with E-state index in [4.69, 9.17) is 5.14 Å². The fraction of sp³-hybridized carbons (Fsp3) is 0.400. The molecule has 0 saturated heterocycles. The number of halogens is 4. The molecule has 1 aliphatic carbocycles. The first kappa shape index (κ1) is 20.0. The Kier molecular flexibility index (Phi) is 4.55. The Labute approximate surface area is 164 Å². The number of fused-ring (bicyclic) bond motifs is 1. The van der Waals surface area contributed by atoms with E-state index in [9.17, 15) is 30.8 Å². The van der Waals surface area contributed by atoms with Crippen LogP contribution in [0.4, 0.5) is 17.6 Å². The number of alkyl halides is 3. The van der Waals surface area contributed by atoms with Crippen LogP contribution < -0.4 is 10.8 Å². The third kappa shape index (κ3) is 3.34. The SMILES string of the molecule is NS(=O)(=O)c1cc2c(cc1F)n(CC1(CF)CC1)c(=O)n2-c1nnc(C(F)F)s1. The maximum Gasteiger partial charge on any atom is 0.335 e. The normalized spacial score (nSPS) is 16.1. The molecule has 0 unspecified atom stereocenters. The van der Waals surface area contributed by atoms with Crippen LogP contribution >= 0.6 is 11.3 Å². The van der Waals surface area contributed by atoms with E-state index >= 15 is 0 Å². The van der Waals surface area contributed by atoms with E-state index in [-0.39, 0.29) is 22.7 Å². The average molecular weight is 451 g/mol. The molecule has 0 amide bonds. The lowest BCUT2D eigenvalue weighted by atomic mass is 10.1. The lowest BCUT2D eigenvalue weighted by molar-refractivity contribution is 0.150. The largest absolute Gasteiger partial charge is 0.335 e. The molecule has 1 fully saturated rings. The summed E-state index contributed by atoms with van der Waals surface area (Å²) in [7, 11) is -4.48. The van der Waals surface area contributed by atoms with Crippen molar-refractivity contribution in [2.75, 3.05) is 6.67 Å². The van der Waals surface area contributed by atoms with Gasteiger partial charge < -0.3 is 0 Å². The van der Waals surface area contributed by atoms with Crippen molar-refractivity contribution in [1.29, 1.82) is 0 Å². The predicted octanol–water partition coefficient (Wildman–Crippen LogP) is 2.12. The highest BCUT2D eigenvalue weighted by Crippen LogP contribution is 2.47. The molecule has 2 aromatic heterocycles. The van der Waals surface area contributed by atoms with Crippen LogP contribution in [0, 0.1) is 11.2 Å². The summed E-state index contributed by atoms with van der Waals surface area (Å²) in [5, 5.41) is 11.0. The lowest BCUT2D eigenvalue weighted by Crippen LogP contribution is -2.27. The molecule has 14 heteroatoms. The quantitative estimate of drug-likeness (QED) is 0.577. The smallest absolute Gasteiger partial charge is 0.291 e. The molecule has 1 aliphatic rings. The van der Waals surface area contributed by atoms with Crippen LogP contribution in [-0.2, 0) is 16.6 Å². The Morgan fingerprint density at radius 1 is 1.24 bits per heavy atom. The maximum atomic E-state index is 14.4. The van der Waals surface area contributed by atoms with Crippen molar-refractivity contribution in [3.05, 3.63) is 33.4 Å². The van der Waals surface area contributed by atoms with Gasteiger partial charge in [-0.25, -0.2) is 36.1 Å². The minimum Gasteiger partial charge on any atom is -0.291 e. The number of sulfonamides is 1. The molecule has 4 rings (SSSR count). The van der Waals surface area contributed by atoms with Crippen LogP contribution in [0.15, 0.2) is 21.8 Å². The fourth-order valence-electron chi connectivity index (χ4n) is 3.06. The highest BCUT2D eigenvalue weighted by molar-refractivity contribution is 7.89. The van der Waals surface area contributed by atoms with Crippen LogP contribution in [0.1, 0.15) is 24.3 Å². The van der Waals surface area contributed by atoms with E-state index in [1.54, 1.807) is 0 Å². The molecular formula is C15H13F4N5O3S2. The fourth-order valence-corrected chi connectivity index (χ4v) is 4.37. The molecular weight excluding hydrogens is 438 g/mol. The molecule has 0 aliphatic heterocycles. The van der Waals surface area contributed by atoms with Crippen molar-refractivity contribution in [1.82, 2.24) is 19.3 Å². The highest BCUT2D eigenvalue weighted by Gasteiger charge is 2.44. The predicted molar refractivity (Wildman–Crippen MR) is 94.9 cm³/mol. The minimum absolute atomic E-state index is 0.0339. The van der Waals surface area contributed by atoms with Crippen LogP contribution in [-0.4, -0.2) is 34.4 Å². The van der Waals surface area contributed by atoms with Gasteiger partial charge in [0.15, 0.2) is 5.01 Å². The van der Waals surface area contributed by atoms with Crippen molar-refractivity contribution in [2.24, 2.45) is 10.6 Å². The number of aromatic nitrogens is 4. The Morgan fingerprint density at radius 3 is 2.45 bits per heavy atom. The molecule has 1 saturated carbocycles. The zero-order chi connectivity index (χ0) is 21.1. The number of nitrogens with zero attached hydrogens (tertiary/aromatic N) is 4. The molecule has 156 valence electrons. The number of hydrogen-bond acceptors (Lipinski definition) is 6. The molecule has 2 N–H and O–H groups in total. The standard InChI is InChI=1S/C15H13F4N5O3S2/c16-5-15(1-2-15)6-23-8-3-7(17)10(29(20,26)27)4-9(8)24(14(23)25)13-22-21-12(28-13)11(18)19/h3-4,11H,1-2,5-6H2,(H2,20,26,27). The average Bonchev–Trinajstić information content (AvgIpc) is 3.16. The van der Waals surface area contributed by atoms with Gasteiger partial charge in [0, 0.05) is 18.0 Å². The first-order valence-corrected chi connectivity index (χ1v) is 10.6. The number of nitrogens with two attached hydrogens (primary N) is 1. The van der Waals surface area contributed by atoms with E-state index in [2.05, 4.69) is 10.2 Å². The van der Waals surface area contributed by atoms with Crippen LogP contribution in [0.2, 0.25) is 0 Å². The molecule has 0 bridgehead atoms. The van der Waals surface area contributed by atoms with E-state index in [1.807, 2.05) is 0 Å². The Hall–Kier alpha value is -2.32. The summed E-state index contributed by atoms with van der Waals surface area (Å²) in [6.07, 6.45) is -1.88. The summed E-state index contributed by atoms with van der Waals surface area (Å²) in [5.41, 5.74) is -1.73. The van der Waals surface area contributed by atoms with Crippen molar-refractivity contribution in [3.63, 3.8) is 0 Å². The van der Waals surface area contributed by atoms with E-state index in [1.165, 1.54) is 0 Å². The van der Waals surface area contributed by atoms with Gasteiger partial charge in [0.25, 0.3) is 6.43 Å². The zero-order valence-electron chi connectivity index (χ0n) is 14.5. The highest BCUT2D eigenvalue weighted by atomic mass is 32.2. The van der Waals surface area contributed by atoms with E-state index in [0.717, 1.165) is 21.3 Å². The van der Waals surface area contributed by atoms with E-state index < -0.39 is 49.9 Å². The third-order valence-electron chi connectivity index (χ3n) is 4.83. The summed E-state index contributed by atoms with van der Waals surface area (Å²) >= 11 is 0.422. The molecule has 0 atom stereocenters. The van der Waals surface area contributed by atoms with Crippen LogP contribution in [0.25, 0.3) is 16.2 Å². The summed E-state index contributed by atoms with van der Waals surface area (Å²) in [6, 6.07) is 1.63. The minimum atomic E-state index is -4.48. The Bertz CT molecular complexity index is 1280. The second-order valence-corrected chi connectivity index (χ2v) is 9.40. The van der Waals surface area contributed by atoms with Gasteiger partial charge in [-0.15, -0.1) is 10.2 Å². The monoisotopic (exact) mass is 451 g/mol. The Balaban J connectivity index is 2.02. The van der Waals surface area contributed by atoms with Gasteiger partial charge in [-0.2, -0.15) is 0 Å². The lowest BCUT2D eigenvalue weighted by Gasteiger charge is -2.11. The van der Waals surface area contributed by atoms with Gasteiger partial charge in [-0.05, 0) is 18.9 Å². The number of hydrogen-bond donors (Lipinski definition) is 1. The molecule has 1 aromatic carbocycles. The van der Waals surface area contributed by atoms with Crippen molar-refractivity contribution in [3.8, 4) is 5.13 Å². The molecule has 8 nitrogen and oxygen atoms in total. The second-order valence-electron chi connectivity index (χ2n) is 6.88. The first-order valence-electron chi connectivity index (χ1n) is 8.22. The third-order valence-corrected chi connectivity index (χ3v) is 6.67. The van der Waals surface area contributed by atoms with Gasteiger partial charge in [0.05, 0.1) is 17.7 Å². The van der Waals surface area contributed by atoms with E-state index in [0.29, 0.717) is 24.2 Å². The number of benzene rings is 1. The maximum absolute atomic E-state index is 14.4. The molecule has 0 spiro atoms. The zero-order valence-corrected chi connectivity index (χ0v) is 16.1. The number of imidazole rings is 1. The number of rotatable bonds is 6. The van der Waals surface area contributed by atoms with Crippen LogP contribution in [0.3, 0.4) is 0 Å². The van der Waals surface area contributed by atoms with Crippen molar-refractivity contribution in [2.45, 2.75) is 30.7 Å². The molecule has 29 heavy (non-hydrogen) atoms. The summed E-state index contributed by atoms with van der Waals surface area (Å²) in [4.78, 5) is 12.1. The molecule has 0 radical (unpaired) electrons. The van der Waals surface area contributed by atoms with Crippen molar-refractivity contribution < 1.29 is 26.0 Å². The van der Waals surface area contributed by atoms with Gasteiger partial charge in [-0.3, -0.25) is 8.96 Å².